The van der Waals surface area contributed by atoms with Gasteiger partial charge in [0.2, 0.25) is 5.95 Å². The molecule has 0 aromatic carbocycles. The Balaban J connectivity index is 1.42. The first kappa shape index (κ1) is 16.0. The van der Waals surface area contributed by atoms with Gasteiger partial charge in [0, 0.05) is 37.4 Å². The number of thiazole rings is 1. The van der Waals surface area contributed by atoms with Gasteiger partial charge in [0.15, 0.2) is 15.6 Å². The fraction of sp³-hybridized carbons (Fsp3) is 0.500. The molecule has 2 aliphatic rings. The average molecular weight is 370 g/mol. The summed E-state index contributed by atoms with van der Waals surface area (Å²) in [7, 11) is 2.14. The number of aromatic amines is 1. The number of fused-ring (bicyclic) bond motifs is 3. The van der Waals surface area contributed by atoms with Crippen molar-refractivity contribution in [3.05, 3.63) is 34.2 Å². The minimum atomic E-state index is -0.0890. The molecule has 0 spiro atoms. The summed E-state index contributed by atoms with van der Waals surface area (Å²) in [4.78, 5) is 27.8. The highest BCUT2D eigenvalue weighted by molar-refractivity contribution is 7.21. The number of imidazole rings is 1. The molecule has 2 aliphatic heterocycles. The van der Waals surface area contributed by atoms with Crippen LogP contribution in [0, 0.1) is 6.92 Å². The van der Waals surface area contributed by atoms with Crippen molar-refractivity contribution in [3.8, 4) is 5.95 Å². The van der Waals surface area contributed by atoms with Crippen LogP contribution in [0.25, 0.3) is 16.4 Å². The van der Waals surface area contributed by atoms with E-state index in [1.807, 2.05) is 13.0 Å². The lowest BCUT2D eigenvalue weighted by Crippen LogP contribution is -2.47. The maximum Gasteiger partial charge on any atom is 0.257 e. The summed E-state index contributed by atoms with van der Waals surface area (Å²) in [6, 6.07) is 5.35. The second-order valence-corrected chi connectivity index (χ2v) is 8.45. The third-order valence-electron chi connectivity index (χ3n) is 5.64. The molecular formula is C18H22N6OS. The minimum absolute atomic E-state index is 0.0890. The molecule has 0 amide bonds. The quantitative estimate of drug-likeness (QED) is 0.739. The van der Waals surface area contributed by atoms with Crippen molar-refractivity contribution >= 4 is 26.9 Å². The molecule has 3 aromatic rings. The molecule has 2 N–H and O–H groups in total. The molecule has 3 atom stereocenters. The van der Waals surface area contributed by atoms with E-state index < -0.39 is 0 Å². The summed E-state index contributed by atoms with van der Waals surface area (Å²) >= 11 is 1.58. The summed E-state index contributed by atoms with van der Waals surface area (Å²) in [5, 5.41) is 4.68. The Kier molecular flexibility index (Phi) is 3.65. The van der Waals surface area contributed by atoms with E-state index in [0.717, 1.165) is 21.2 Å². The van der Waals surface area contributed by atoms with E-state index in [0.29, 0.717) is 24.1 Å². The minimum Gasteiger partial charge on any atom is -0.348 e. The van der Waals surface area contributed by atoms with Gasteiger partial charge in [-0.2, -0.15) is 4.98 Å². The molecule has 2 fully saturated rings. The molecule has 8 heteroatoms. The SMILES string of the molecule is Cc1ccn(-c2nc3sc(N(C)C4C[C@H]5CC[C@@H](C4)N5)nc3[nH]2)c(=O)c1. The zero-order chi connectivity index (χ0) is 17.8. The fourth-order valence-corrected chi connectivity index (χ4v) is 5.13. The smallest absolute Gasteiger partial charge is 0.257 e. The van der Waals surface area contributed by atoms with Gasteiger partial charge in [0.05, 0.1) is 0 Å². The van der Waals surface area contributed by atoms with E-state index in [4.69, 9.17) is 4.98 Å². The van der Waals surface area contributed by atoms with Crippen LogP contribution in [0.5, 0.6) is 0 Å². The molecule has 0 radical (unpaired) electrons. The van der Waals surface area contributed by atoms with Crippen LogP contribution in [0.1, 0.15) is 31.2 Å². The zero-order valence-electron chi connectivity index (χ0n) is 14.9. The second kappa shape index (κ2) is 5.92. The number of nitrogens with one attached hydrogen (secondary N) is 2. The van der Waals surface area contributed by atoms with Crippen LogP contribution in [0.4, 0.5) is 5.13 Å². The number of anilines is 1. The van der Waals surface area contributed by atoms with Crippen molar-refractivity contribution in [2.75, 3.05) is 11.9 Å². The van der Waals surface area contributed by atoms with Crippen molar-refractivity contribution < 1.29 is 0 Å². The molecule has 2 saturated heterocycles. The van der Waals surface area contributed by atoms with Crippen LogP contribution in [0.3, 0.4) is 0 Å². The van der Waals surface area contributed by atoms with Crippen LogP contribution in [0.2, 0.25) is 0 Å². The molecule has 2 bridgehead atoms. The maximum atomic E-state index is 12.2. The number of aryl methyl sites for hydroxylation is 1. The first-order valence-electron chi connectivity index (χ1n) is 9.12. The van der Waals surface area contributed by atoms with Crippen LogP contribution in [-0.2, 0) is 0 Å². The number of aromatic nitrogens is 4. The molecular weight excluding hydrogens is 348 g/mol. The number of nitrogens with zero attached hydrogens (tertiary/aromatic N) is 4. The molecule has 5 rings (SSSR count). The highest BCUT2D eigenvalue weighted by Gasteiger charge is 2.35. The van der Waals surface area contributed by atoms with Gasteiger partial charge in [-0.25, -0.2) is 4.98 Å². The molecule has 0 aliphatic carbocycles. The highest BCUT2D eigenvalue weighted by Crippen LogP contribution is 2.34. The Hall–Kier alpha value is -2.19. The van der Waals surface area contributed by atoms with Crippen LogP contribution < -0.4 is 15.8 Å². The van der Waals surface area contributed by atoms with Gasteiger partial charge in [-0.3, -0.25) is 9.36 Å². The molecule has 7 nitrogen and oxygen atoms in total. The molecule has 3 aromatic heterocycles. The number of pyridine rings is 1. The molecule has 0 saturated carbocycles. The number of hydrogen-bond acceptors (Lipinski definition) is 6. The number of rotatable bonds is 3. The van der Waals surface area contributed by atoms with Crippen molar-refractivity contribution in [1.82, 2.24) is 24.8 Å². The van der Waals surface area contributed by atoms with Gasteiger partial charge in [-0.15, -0.1) is 0 Å². The summed E-state index contributed by atoms with van der Waals surface area (Å²) in [6.45, 7) is 1.91. The fourth-order valence-electron chi connectivity index (χ4n) is 4.21. The van der Waals surface area contributed by atoms with E-state index >= 15 is 0 Å². The monoisotopic (exact) mass is 370 g/mol. The predicted molar refractivity (Wildman–Crippen MR) is 103 cm³/mol. The van der Waals surface area contributed by atoms with Crippen LogP contribution in [-0.4, -0.2) is 44.7 Å². The van der Waals surface area contributed by atoms with E-state index in [1.54, 1.807) is 23.6 Å². The number of hydrogen-bond donors (Lipinski definition) is 2. The normalized spacial score (nSPS) is 25.1. The Bertz CT molecular complexity index is 977. The second-order valence-electron chi connectivity index (χ2n) is 7.50. The van der Waals surface area contributed by atoms with Gasteiger partial charge in [-0.1, -0.05) is 11.3 Å². The number of H-pyrrole nitrogens is 1. The van der Waals surface area contributed by atoms with E-state index in [9.17, 15) is 4.79 Å². The van der Waals surface area contributed by atoms with Gasteiger partial charge >= 0.3 is 0 Å². The van der Waals surface area contributed by atoms with E-state index in [2.05, 4.69) is 27.2 Å². The summed E-state index contributed by atoms with van der Waals surface area (Å²) < 4.78 is 1.52. The first-order chi connectivity index (χ1) is 12.6. The third kappa shape index (κ3) is 2.64. The topological polar surface area (TPSA) is 78.8 Å². The lowest BCUT2D eigenvalue weighted by molar-refractivity contribution is 0.354. The van der Waals surface area contributed by atoms with Crippen LogP contribution in [0.15, 0.2) is 23.1 Å². The van der Waals surface area contributed by atoms with E-state index in [-0.39, 0.29) is 5.56 Å². The van der Waals surface area contributed by atoms with Gasteiger partial charge < -0.3 is 15.2 Å². The Morgan fingerprint density at radius 2 is 2.04 bits per heavy atom. The standard InChI is InChI=1S/C18H22N6OS/c1-10-5-6-24(14(25)7-10)17-20-15-16(22-17)26-18(21-15)23(2)13-8-11-3-4-12(9-13)19-11/h5-7,11-13,19H,3-4,8-9H2,1-2H3,(H,20,22)/t11-,12+,13?. The summed E-state index contributed by atoms with van der Waals surface area (Å²) in [6.07, 6.45) is 6.70. The van der Waals surface area contributed by atoms with Crippen molar-refractivity contribution in [1.29, 1.82) is 0 Å². The molecule has 136 valence electrons. The lowest BCUT2D eigenvalue weighted by Gasteiger charge is -2.35. The Morgan fingerprint density at radius 1 is 1.27 bits per heavy atom. The summed E-state index contributed by atoms with van der Waals surface area (Å²) in [5.41, 5.74) is 1.60. The van der Waals surface area contributed by atoms with Crippen molar-refractivity contribution in [2.45, 2.75) is 50.7 Å². The van der Waals surface area contributed by atoms with Gasteiger partial charge in [-0.05, 0) is 44.2 Å². The highest BCUT2D eigenvalue weighted by atomic mass is 32.1. The van der Waals surface area contributed by atoms with Gasteiger partial charge in [0.25, 0.3) is 5.56 Å². The number of piperidine rings is 1. The molecule has 26 heavy (non-hydrogen) atoms. The Labute approximate surface area is 155 Å². The third-order valence-corrected chi connectivity index (χ3v) is 6.68. The molecule has 1 unspecified atom stereocenters. The lowest BCUT2D eigenvalue weighted by atomic mass is 9.99. The van der Waals surface area contributed by atoms with Crippen molar-refractivity contribution in [2.24, 2.45) is 0 Å². The predicted octanol–water partition coefficient (Wildman–Crippen LogP) is 2.20. The first-order valence-corrected chi connectivity index (χ1v) is 9.93. The van der Waals surface area contributed by atoms with Crippen molar-refractivity contribution in [3.63, 3.8) is 0 Å². The molecule has 5 heterocycles. The van der Waals surface area contributed by atoms with Crippen LogP contribution >= 0.6 is 11.3 Å². The van der Waals surface area contributed by atoms with E-state index in [1.165, 1.54) is 30.3 Å². The zero-order valence-corrected chi connectivity index (χ0v) is 15.7. The Morgan fingerprint density at radius 3 is 2.73 bits per heavy atom. The maximum absolute atomic E-state index is 12.2. The summed E-state index contributed by atoms with van der Waals surface area (Å²) in [5.74, 6) is 0.526. The largest absolute Gasteiger partial charge is 0.348 e. The van der Waals surface area contributed by atoms with Gasteiger partial charge in [0.1, 0.15) is 0 Å². The average Bonchev–Trinajstić information content (AvgIpc) is 3.27.